The standard InChI is InChI=1S/C22H32N2O4S/c1-6-24(7-2)29(26,27)17-11-12-20-18(13-17)16(5)21(28-20)22(25)23-19-10-8-9-14(3)15(19)4/h11-15,19H,6-10H2,1-5H3,(H,23,25)/t14-,15+,19-/m1/s1. The van der Waals surface area contributed by atoms with Gasteiger partial charge in [0.05, 0.1) is 4.90 Å². The average molecular weight is 421 g/mol. The number of aryl methyl sites for hydroxylation is 1. The maximum atomic E-state index is 12.9. The summed E-state index contributed by atoms with van der Waals surface area (Å²) in [6.07, 6.45) is 3.28. The molecule has 1 amide bonds. The van der Waals surface area contributed by atoms with Crippen LogP contribution in [0.2, 0.25) is 0 Å². The van der Waals surface area contributed by atoms with Gasteiger partial charge < -0.3 is 9.73 Å². The summed E-state index contributed by atoms with van der Waals surface area (Å²) in [7, 11) is -3.57. The predicted molar refractivity (Wildman–Crippen MR) is 114 cm³/mol. The second-order valence-corrected chi connectivity index (χ2v) is 10.1. The molecule has 3 rings (SSSR count). The summed E-state index contributed by atoms with van der Waals surface area (Å²) in [6, 6.07) is 4.94. The third-order valence-corrected chi connectivity index (χ3v) is 8.53. The predicted octanol–water partition coefficient (Wildman–Crippen LogP) is 4.33. The summed E-state index contributed by atoms with van der Waals surface area (Å²) in [5, 5.41) is 3.80. The summed E-state index contributed by atoms with van der Waals surface area (Å²) >= 11 is 0. The van der Waals surface area contributed by atoms with Crippen LogP contribution in [0, 0.1) is 18.8 Å². The lowest BCUT2D eigenvalue weighted by molar-refractivity contribution is 0.0864. The van der Waals surface area contributed by atoms with Crippen LogP contribution in [-0.2, 0) is 10.0 Å². The minimum Gasteiger partial charge on any atom is -0.451 e. The molecule has 1 N–H and O–H groups in total. The molecule has 0 radical (unpaired) electrons. The van der Waals surface area contributed by atoms with Crippen molar-refractivity contribution < 1.29 is 17.6 Å². The number of hydrogen-bond acceptors (Lipinski definition) is 4. The van der Waals surface area contributed by atoms with E-state index in [4.69, 9.17) is 4.42 Å². The van der Waals surface area contributed by atoms with E-state index in [0.29, 0.717) is 41.5 Å². The van der Waals surface area contributed by atoms with Crippen LogP contribution in [0.15, 0.2) is 27.5 Å². The molecule has 1 heterocycles. The van der Waals surface area contributed by atoms with E-state index in [0.717, 1.165) is 12.8 Å². The number of carbonyl (C=O) groups is 1. The highest BCUT2D eigenvalue weighted by Gasteiger charge is 2.30. The normalized spacial score (nSPS) is 22.9. The van der Waals surface area contributed by atoms with Crippen molar-refractivity contribution in [3.05, 3.63) is 29.5 Å². The molecule has 6 nitrogen and oxygen atoms in total. The van der Waals surface area contributed by atoms with Gasteiger partial charge in [0.15, 0.2) is 5.76 Å². The van der Waals surface area contributed by atoms with Crippen LogP contribution in [0.25, 0.3) is 11.0 Å². The van der Waals surface area contributed by atoms with E-state index in [1.165, 1.54) is 10.7 Å². The van der Waals surface area contributed by atoms with Gasteiger partial charge in [0, 0.05) is 30.1 Å². The number of nitrogens with one attached hydrogen (secondary N) is 1. The lowest BCUT2D eigenvalue weighted by Crippen LogP contribution is -2.43. The van der Waals surface area contributed by atoms with Crippen LogP contribution in [0.1, 0.15) is 63.1 Å². The second kappa shape index (κ2) is 8.48. The van der Waals surface area contributed by atoms with E-state index in [-0.39, 0.29) is 22.6 Å². The first kappa shape index (κ1) is 21.8. The van der Waals surface area contributed by atoms with Crippen molar-refractivity contribution in [1.82, 2.24) is 9.62 Å². The lowest BCUT2D eigenvalue weighted by atomic mass is 9.78. The molecule has 1 aromatic carbocycles. The molecule has 0 aliphatic heterocycles. The number of hydrogen-bond donors (Lipinski definition) is 1. The Bertz CT molecular complexity index is 992. The van der Waals surface area contributed by atoms with E-state index in [1.54, 1.807) is 18.2 Å². The highest BCUT2D eigenvalue weighted by molar-refractivity contribution is 7.89. The van der Waals surface area contributed by atoms with E-state index in [2.05, 4.69) is 19.2 Å². The molecule has 1 aromatic heterocycles. The van der Waals surface area contributed by atoms with Gasteiger partial charge >= 0.3 is 0 Å². The van der Waals surface area contributed by atoms with E-state index in [1.807, 2.05) is 20.8 Å². The highest BCUT2D eigenvalue weighted by atomic mass is 32.2. The van der Waals surface area contributed by atoms with Crippen LogP contribution in [0.4, 0.5) is 0 Å². The average Bonchev–Trinajstić information content (AvgIpc) is 3.02. The molecule has 2 aromatic rings. The maximum absolute atomic E-state index is 12.9. The summed E-state index contributed by atoms with van der Waals surface area (Å²) in [5.74, 6) is 1.04. The third-order valence-electron chi connectivity index (χ3n) is 6.48. The molecule has 29 heavy (non-hydrogen) atoms. The monoisotopic (exact) mass is 420 g/mol. The minimum atomic E-state index is -3.57. The zero-order valence-corrected chi connectivity index (χ0v) is 18.8. The van der Waals surface area contributed by atoms with Crippen LogP contribution < -0.4 is 5.32 Å². The SMILES string of the molecule is CCN(CC)S(=O)(=O)c1ccc2oc(C(=O)N[C@@H]3CCC[C@@H](C)[C@@H]3C)c(C)c2c1. The van der Waals surface area contributed by atoms with Gasteiger partial charge in [0.2, 0.25) is 10.0 Å². The van der Waals surface area contributed by atoms with Crippen molar-refractivity contribution in [2.45, 2.75) is 64.8 Å². The highest BCUT2D eigenvalue weighted by Crippen LogP contribution is 2.31. The molecule has 1 saturated carbocycles. The molecule has 160 valence electrons. The van der Waals surface area contributed by atoms with E-state index in [9.17, 15) is 13.2 Å². The Balaban J connectivity index is 1.91. The number of carbonyl (C=O) groups excluding carboxylic acids is 1. The van der Waals surface area contributed by atoms with Gasteiger partial charge in [-0.1, -0.05) is 40.5 Å². The number of fused-ring (bicyclic) bond motifs is 1. The molecule has 0 saturated heterocycles. The zero-order chi connectivity index (χ0) is 21.3. The molecule has 3 atom stereocenters. The smallest absolute Gasteiger partial charge is 0.287 e. The Morgan fingerprint density at radius 1 is 1.21 bits per heavy atom. The zero-order valence-electron chi connectivity index (χ0n) is 18.0. The van der Waals surface area contributed by atoms with Crippen LogP contribution in [0.5, 0.6) is 0 Å². The van der Waals surface area contributed by atoms with Crippen LogP contribution >= 0.6 is 0 Å². The van der Waals surface area contributed by atoms with E-state index < -0.39 is 10.0 Å². The first-order valence-corrected chi connectivity index (χ1v) is 12.0. The van der Waals surface area contributed by atoms with Crippen LogP contribution in [0.3, 0.4) is 0 Å². The fourth-order valence-corrected chi connectivity index (χ4v) is 5.79. The van der Waals surface area contributed by atoms with Crippen molar-refractivity contribution >= 4 is 26.9 Å². The van der Waals surface area contributed by atoms with Gasteiger partial charge in [-0.2, -0.15) is 4.31 Å². The number of amides is 1. The summed E-state index contributed by atoms with van der Waals surface area (Å²) in [4.78, 5) is 13.1. The van der Waals surface area contributed by atoms with Crippen molar-refractivity contribution in [2.75, 3.05) is 13.1 Å². The Labute approximate surface area is 173 Å². The molecule has 7 heteroatoms. The maximum Gasteiger partial charge on any atom is 0.287 e. The van der Waals surface area contributed by atoms with Gasteiger partial charge in [0.25, 0.3) is 5.91 Å². The Morgan fingerprint density at radius 2 is 1.90 bits per heavy atom. The summed E-state index contributed by atoms with van der Waals surface area (Å²) in [6.45, 7) is 10.7. The summed E-state index contributed by atoms with van der Waals surface area (Å²) in [5.41, 5.74) is 1.20. The molecular formula is C22H32N2O4S. The number of furan rings is 1. The number of nitrogens with zero attached hydrogens (tertiary/aromatic N) is 1. The van der Waals surface area contributed by atoms with Crippen molar-refractivity contribution in [3.63, 3.8) is 0 Å². The molecular weight excluding hydrogens is 388 g/mol. The fourth-order valence-electron chi connectivity index (χ4n) is 4.31. The molecule has 1 aliphatic carbocycles. The van der Waals surface area contributed by atoms with Gasteiger partial charge in [0.1, 0.15) is 5.58 Å². The van der Waals surface area contributed by atoms with Gasteiger partial charge in [-0.3, -0.25) is 4.79 Å². The molecule has 0 unspecified atom stereocenters. The van der Waals surface area contributed by atoms with E-state index >= 15 is 0 Å². The minimum absolute atomic E-state index is 0.137. The van der Waals surface area contributed by atoms with Crippen molar-refractivity contribution in [3.8, 4) is 0 Å². The second-order valence-electron chi connectivity index (χ2n) is 8.15. The number of benzene rings is 1. The largest absolute Gasteiger partial charge is 0.451 e. The molecule has 1 fully saturated rings. The molecule has 1 aliphatic rings. The fraction of sp³-hybridized carbons (Fsp3) is 0.591. The molecule has 0 spiro atoms. The Hall–Kier alpha value is -1.86. The number of rotatable bonds is 6. The Kier molecular flexibility index (Phi) is 6.39. The van der Waals surface area contributed by atoms with Crippen molar-refractivity contribution in [2.24, 2.45) is 11.8 Å². The first-order valence-electron chi connectivity index (χ1n) is 10.5. The van der Waals surface area contributed by atoms with Crippen molar-refractivity contribution in [1.29, 1.82) is 0 Å². The quantitative estimate of drug-likeness (QED) is 0.754. The van der Waals surface area contributed by atoms with Gasteiger partial charge in [-0.25, -0.2) is 8.42 Å². The van der Waals surface area contributed by atoms with Gasteiger partial charge in [-0.15, -0.1) is 0 Å². The number of sulfonamides is 1. The molecule has 0 bridgehead atoms. The Morgan fingerprint density at radius 3 is 2.55 bits per heavy atom. The van der Waals surface area contributed by atoms with Gasteiger partial charge in [-0.05, 0) is 43.4 Å². The lowest BCUT2D eigenvalue weighted by Gasteiger charge is -2.34. The third kappa shape index (κ3) is 4.08. The first-order chi connectivity index (χ1) is 13.7. The topological polar surface area (TPSA) is 79.6 Å². The summed E-state index contributed by atoms with van der Waals surface area (Å²) < 4.78 is 32.9. The van der Waals surface area contributed by atoms with Crippen LogP contribution in [-0.4, -0.2) is 37.8 Å².